The van der Waals surface area contributed by atoms with Gasteiger partial charge in [-0.15, -0.1) is 0 Å². The van der Waals surface area contributed by atoms with Gasteiger partial charge in [0, 0.05) is 6.54 Å². The number of fused-ring (bicyclic) bond motifs is 1. The Hall–Kier alpha value is -3.53. The van der Waals surface area contributed by atoms with Crippen molar-refractivity contribution in [3.63, 3.8) is 0 Å². The molecule has 1 amide bonds. The van der Waals surface area contributed by atoms with E-state index in [-0.39, 0.29) is 35.5 Å². The van der Waals surface area contributed by atoms with Crippen LogP contribution in [0.15, 0.2) is 64.8 Å². The van der Waals surface area contributed by atoms with Gasteiger partial charge in [0.1, 0.15) is 12.1 Å². The molecule has 2 aromatic carbocycles. The zero-order chi connectivity index (χ0) is 20.2. The van der Waals surface area contributed by atoms with Crippen LogP contribution < -0.4 is 10.9 Å². The Morgan fingerprint density at radius 1 is 1.17 bits per heavy atom. The molecule has 2 heterocycles. The van der Waals surface area contributed by atoms with Crippen molar-refractivity contribution < 1.29 is 9.18 Å². The molecule has 8 nitrogen and oxygen atoms in total. The third-order valence-corrected chi connectivity index (χ3v) is 5.03. The second-order valence-corrected chi connectivity index (χ2v) is 7.00. The van der Waals surface area contributed by atoms with Crippen molar-refractivity contribution in [3.05, 3.63) is 76.6 Å². The molecule has 0 fully saturated rings. The lowest BCUT2D eigenvalue weighted by molar-refractivity contribution is -0.118. The minimum Gasteiger partial charge on any atom is -0.351 e. The quantitative estimate of drug-likeness (QED) is 0.372. The van der Waals surface area contributed by atoms with E-state index < -0.39 is 0 Å². The van der Waals surface area contributed by atoms with E-state index in [1.807, 2.05) is 0 Å². The Morgan fingerprint density at radius 2 is 1.97 bits per heavy atom. The minimum atomic E-state index is -0.330. The highest BCUT2D eigenvalue weighted by atomic mass is 32.2. The lowest BCUT2D eigenvalue weighted by Crippen LogP contribution is -2.26. The van der Waals surface area contributed by atoms with Crippen LogP contribution in [0.4, 0.5) is 4.39 Å². The zero-order valence-electron chi connectivity index (χ0n) is 15.0. The average Bonchev–Trinajstić information content (AvgIpc) is 3.26. The van der Waals surface area contributed by atoms with Crippen LogP contribution in [0, 0.1) is 5.82 Å². The molecule has 2 N–H and O–H groups in total. The highest BCUT2D eigenvalue weighted by molar-refractivity contribution is 7.99. The van der Waals surface area contributed by atoms with Crippen LogP contribution >= 0.6 is 11.8 Å². The van der Waals surface area contributed by atoms with Crippen LogP contribution in [0.2, 0.25) is 0 Å². The highest BCUT2D eigenvalue weighted by Gasteiger charge is 2.16. The fourth-order valence-electron chi connectivity index (χ4n) is 2.69. The molecule has 0 radical (unpaired) electrons. The number of halogens is 1. The molecule has 0 unspecified atom stereocenters. The number of benzene rings is 2. The minimum absolute atomic E-state index is 0.0418. The predicted octanol–water partition coefficient (Wildman–Crippen LogP) is 2.05. The molecule has 29 heavy (non-hydrogen) atoms. The summed E-state index contributed by atoms with van der Waals surface area (Å²) in [6.07, 6.45) is 1.29. The van der Waals surface area contributed by atoms with Crippen LogP contribution in [0.5, 0.6) is 0 Å². The van der Waals surface area contributed by atoms with Crippen molar-refractivity contribution >= 4 is 28.6 Å². The van der Waals surface area contributed by atoms with E-state index in [0.717, 1.165) is 17.3 Å². The summed E-state index contributed by atoms with van der Waals surface area (Å²) in [6.45, 7) is 0.278. The predicted molar refractivity (Wildman–Crippen MR) is 106 cm³/mol. The van der Waals surface area contributed by atoms with Crippen molar-refractivity contribution in [1.29, 1.82) is 0 Å². The van der Waals surface area contributed by atoms with Gasteiger partial charge in [0.05, 0.1) is 16.7 Å². The van der Waals surface area contributed by atoms with Gasteiger partial charge < -0.3 is 5.32 Å². The molecule has 0 saturated heterocycles. The van der Waals surface area contributed by atoms with Gasteiger partial charge in [0.25, 0.3) is 5.56 Å². The van der Waals surface area contributed by atoms with E-state index in [1.54, 1.807) is 36.4 Å². The molecule has 0 bridgehead atoms. The number of aromatic nitrogens is 5. The average molecular weight is 410 g/mol. The van der Waals surface area contributed by atoms with Crippen LogP contribution in [0.1, 0.15) is 5.56 Å². The number of para-hydroxylation sites is 1. The lowest BCUT2D eigenvalue weighted by Gasteiger charge is -2.10. The van der Waals surface area contributed by atoms with Crippen LogP contribution in [-0.4, -0.2) is 36.4 Å². The summed E-state index contributed by atoms with van der Waals surface area (Å²) >= 11 is 1.11. The fourth-order valence-corrected chi connectivity index (χ4v) is 3.51. The summed E-state index contributed by atoms with van der Waals surface area (Å²) in [5, 5.41) is 9.96. The maximum Gasteiger partial charge on any atom is 0.269 e. The first kappa shape index (κ1) is 18.8. The summed E-state index contributed by atoms with van der Waals surface area (Å²) < 4.78 is 14.3. The van der Waals surface area contributed by atoms with Gasteiger partial charge in [0.2, 0.25) is 11.9 Å². The molecule has 0 spiro atoms. The standard InChI is InChI=1S/C19H15FN6O2S/c20-13-7-5-12(6-8-13)9-21-16(27)10-29-19-24-15-4-2-1-3-14(15)17(28)26(19)18-22-11-23-25-18/h1-8,11H,9-10H2,(H,21,27)(H,22,23,25). The molecule has 0 aliphatic rings. The van der Waals surface area contributed by atoms with Gasteiger partial charge in [-0.05, 0) is 29.8 Å². The van der Waals surface area contributed by atoms with E-state index in [0.29, 0.717) is 16.1 Å². The number of nitrogens with one attached hydrogen (secondary N) is 2. The fraction of sp³-hybridized carbons (Fsp3) is 0.105. The number of aromatic amines is 1. The number of rotatable bonds is 6. The number of amides is 1. The normalized spacial score (nSPS) is 10.9. The summed E-state index contributed by atoms with van der Waals surface area (Å²) in [6, 6.07) is 12.9. The SMILES string of the molecule is O=C(CSc1nc2ccccc2c(=O)n1-c1ncn[nH]1)NCc1ccc(F)cc1. The van der Waals surface area contributed by atoms with Gasteiger partial charge in [-0.1, -0.05) is 36.0 Å². The number of carbonyl (C=O) groups is 1. The summed E-state index contributed by atoms with van der Waals surface area (Å²) in [5.74, 6) is -0.308. The van der Waals surface area contributed by atoms with Crippen LogP contribution in [0.3, 0.4) is 0 Å². The maximum absolute atomic E-state index is 13.0. The molecular formula is C19H15FN6O2S. The number of carbonyl (C=O) groups excluding carboxylic acids is 1. The number of nitrogens with zero attached hydrogens (tertiary/aromatic N) is 4. The lowest BCUT2D eigenvalue weighted by atomic mass is 10.2. The van der Waals surface area contributed by atoms with E-state index in [9.17, 15) is 14.0 Å². The van der Waals surface area contributed by atoms with E-state index in [1.165, 1.54) is 23.0 Å². The van der Waals surface area contributed by atoms with Crippen molar-refractivity contribution in [2.45, 2.75) is 11.7 Å². The second-order valence-electron chi connectivity index (χ2n) is 6.05. The van der Waals surface area contributed by atoms with E-state index in [2.05, 4.69) is 25.5 Å². The van der Waals surface area contributed by atoms with E-state index in [4.69, 9.17) is 0 Å². The topological polar surface area (TPSA) is 106 Å². The Bertz CT molecular complexity index is 1210. The molecule has 146 valence electrons. The smallest absolute Gasteiger partial charge is 0.269 e. The van der Waals surface area contributed by atoms with Gasteiger partial charge in [0.15, 0.2) is 5.16 Å². The van der Waals surface area contributed by atoms with Crippen molar-refractivity contribution in [2.24, 2.45) is 0 Å². The monoisotopic (exact) mass is 410 g/mol. The van der Waals surface area contributed by atoms with Crippen molar-refractivity contribution in [1.82, 2.24) is 30.0 Å². The molecular weight excluding hydrogens is 395 g/mol. The molecule has 2 aromatic heterocycles. The number of hydrogen-bond donors (Lipinski definition) is 2. The molecule has 0 aliphatic heterocycles. The zero-order valence-corrected chi connectivity index (χ0v) is 15.8. The Balaban J connectivity index is 1.54. The largest absolute Gasteiger partial charge is 0.351 e. The molecule has 0 aliphatic carbocycles. The summed E-state index contributed by atoms with van der Waals surface area (Å²) in [7, 11) is 0. The molecule has 10 heteroatoms. The number of hydrogen-bond acceptors (Lipinski definition) is 6. The summed E-state index contributed by atoms with van der Waals surface area (Å²) in [4.78, 5) is 33.7. The van der Waals surface area contributed by atoms with Crippen molar-refractivity contribution in [3.8, 4) is 5.95 Å². The third kappa shape index (κ3) is 4.16. The third-order valence-electron chi connectivity index (χ3n) is 4.09. The van der Waals surface area contributed by atoms with Gasteiger partial charge in [-0.25, -0.2) is 19.0 Å². The first-order valence-corrected chi connectivity index (χ1v) is 9.62. The Labute approximate surface area is 168 Å². The second kappa shape index (κ2) is 8.23. The number of thioether (sulfide) groups is 1. The molecule has 0 saturated carbocycles. The Morgan fingerprint density at radius 3 is 2.72 bits per heavy atom. The van der Waals surface area contributed by atoms with Crippen LogP contribution in [-0.2, 0) is 11.3 Å². The summed E-state index contributed by atoms with van der Waals surface area (Å²) in [5.41, 5.74) is 1.01. The Kier molecular flexibility index (Phi) is 5.34. The molecule has 4 aromatic rings. The van der Waals surface area contributed by atoms with Gasteiger partial charge in [-0.2, -0.15) is 10.1 Å². The van der Waals surface area contributed by atoms with Gasteiger partial charge in [-0.3, -0.25) is 9.59 Å². The molecule has 4 rings (SSSR count). The first-order chi connectivity index (χ1) is 14.1. The van der Waals surface area contributed by atoms with Gasteiger partial charge >= 0.3 is 0 Å². The maximum atomic E-state index is 13.0. The van der Waals surface area contributed by atoms with Crippen molar-refractivity contribution in [2.75, 3.05) is 5.75 Å². The molecule has 0 atom stereocenters. The first-order valence-electron chi connectivity index (χ1n) is 8.63. The van der Waals surface area contributed by atoms with Crippen LogP contribution in [0.25, 0.3) is 16.9 Å². The van der Waals surface area contributed by atoms with E-state index >= 15 is 0 Å². The number of H-pyrrole nitrogens is 1. The highest BCUT2D eigenvalue weighted by Crippen LogP contribution is 2.19.